The molecule has 3 rings (SSSR count). The molecule has 1 aliphatic rings. The molecule has 0 saturated heterocycles. The Labute approximate surface area is 131 Å². The molecular weight excluding hydrogens is 282 g/mol. The van der Waals surface area contributed by atoms with Gasteiger partial charge in [-0.1, -0.05) is 35.9 Å². The molecule has 0 amide bonds. The molecule has 0 aromatic heterocycles. The summed E-state index contributed by atoms with van der Waals surface area (Å²) in [7, 11) is 1.72. The van der Waals surface area contributed by atoms with Gasteiger partial charge < -0.3 is 10.1 Å². The van der Waals surface area contributed by atoms with Crippen LogP contribution in [0.1, 0.15) is 29.9 Å². The van der Waals surface area contributed by atoms with Gasteiger partial charge in [-0.05, 0) is 55.0 Å². The average molecular weight is 302 g/mol. The van der Waals surface area contributed by atoms with E-state index in [0.717, 1.165) is 29.3 Å². The summed E-state index contributed by atoms with van der Waals surface area (Å²) in [4.78, 5) is 0. The molecule has 110 valence electrons. The Morgan fingerprint density at radius 3 is 2.62 bits per heavy atom. The van der Waals surface area contributed by atoms with Gasteiger partial charge in [-0.3, -0.25) is 0 Å². The summed E-state index contributed by atoms with van der Waals surface area (Å²) in [5.74, 6) is 1.48. The molecule has 1 aliphatic carbocycles. The molecule has 0 heterocycles. The number of rotatable bonds is 4. The van der Waals surface area contributed by atoms with E-state index in [0.29, 0.717) is 12.0 Å². The number of aryl methyl sites for hydroxylation is 1. The number of ether oxygens (including phenoxy) is 1. The van der Waals surface area contributed by atoms with E-state index in [9.17, 15) is 0 Å². The third-order valence-corrected chi connectivity index (χ3v) is 4.54. The van der Waals surface area contributed by atoms with E-state index in [-0.39, 0.29) is 0 Å². The molecule has 21 heavy (non-hydrogen) atoms. The molecule has 1 N–H and O–H groups in total. The third-order valence-electron chi connectivity index (χ3n) is 4.20. The number of hydrogen-bond acceptors (Lipinski definition) is 2. The molecule has 0 unspecified atom stereocenters. The summed E-state index contributed by atoms with van der Waals surface area (Å²) in [6.07, 6.45) is 2.22. The van der Waals surface area contributed by atoms with Gasteiger partial charge in [0.15, 0.2) is 0 Å². The zero-order valence-corrected chi connectivity index (χ0v) is 13.2. The molecule has 0 bridgehead atoms. The maximum atomic E-state index is 6.26. The van der Waals surface area contributed by atoms with Crippen LogP contribution >= 0.6 is 11.6 Å². The topological polar surface area (TPSA) is 21.3 Å². The second-order valence-corrected chi connectivity index (χ2v) is 6.14. The van der Waals surface area contributed by atoms with Gasteiger partial charge in [0.05, 0.1) is 12.8 Å². The molecule has 2 nitrogen and oxygen atoms in total. The van der Waals surface area contributed by atoms with Gasteiger partial charge in [0.2, 0.25) is 0 Å². The van der Waals surface area contributed by atoms with Crippen LogP contribution in [0.25, 0.3) is 0 Å². The van der Waals surface area contributed by atoms with E-state index in [1.165, 1.54) is 11.1 Å². The fourth-order valence-corrected chi connectivity index (χ4v) is 3.22. The monoisotopic (exact) mass is 301 g/mol. The van der Waals surface area contributed by atoms with Crippen LogP contribution in [0.15, 0.2) is 42.5 Å². The molecule has 3 heteroatoms. The van der Waals surface area contributed by atoms with Crippen molar-refractivity contribution in [3.05, 3.63) is 58.6 Å². The summed E-state index contributed by atoms with van der Waals surface area (Å²) in [5.41, 5.74) is 3.55. The van der Waals surface area contributed by atoms with Crippen LogP contribution in [0.5, 0.6) is 5.75 Å². The summed E-state index contributed by atoms with van der Waals surface area (Å²) >= 11 is 6.26. The van der Waals surface area contributed by atoms with Crippen LogP contribution in [0.2, 0.25) is 5.02 Å². The first-order chi connectivity index (χ1) is 10.2. The van der Waals surface area contributed by atoms with Gasteiger partial charge in [-0.15, -0.1) is 0 Å². The normalized spacial score (nSPS) is 20.7. The predicted molar refractivity (Wildman–Crippen MR) is 88.6 cm³/mol. The van der Waals surface area contributed by atoms with Gasteiger partial charge in [0, 0.05) is 11.1 Å². The molecule has 1 fully saturated rings. The third kappa shape index (κ3) is 3.01. The van der Waals surface area contributed by atoms with Crippen LogP contribution in [0.4, 0.5) is 5.69 Å². The number of methoxy groups -OCH3 is 1. The molecule has 0 spiro atoms. The summed E-state index contributed by atoms with van der Waals surface area (Å²) in [6.45, 7) is 2.07. The lowest BCUT2D eigenvalue weighted by Gasteiger charge is -2.37. The molecular formula is C18H20ClNO. The van der Waals surface area contributed by atoms with Gasteiger partial charge in [0.1, 0.15) is 5.75 Å². The molecule has 1 saturated carbocycles. The smallest absolute Gasteiger partial charge is 0.142 e. The average Bonchev–Trinajstić information content (AvgIpc) is 2.44. The van der Waals surface area contributed by atoms with Gasteiger partial charge >= 0.3 is 0 Å². The highest BCUT2D eigenvalue weighted by molar-refractivity contribution is 6.31. The Morgan fingerprint density at radius 2 is 1.90 bits per heavy atom. The number of anilines is 1. The van der Waals surface area contributed by atoms with Crippen LogP contribution in [0.3, 0.4) is 0 Å². The Hall–Kier alpha value is -1.67. The Kier molecular flexibility index (Phi) is 4.07. The van der Waals surface area contributed by atoms with E-state index < -0.39 is 0 Å². The van der Waals surface area contributed by atoms with Crippen molar-refractivity contribution in [2.75, 3.05) is 12.4 Å². The van der Waals surface area contributed by atoms with Crippen molar-refractivity contribution in [3.8, 4) is 5.75 Å². The minimum absolute atomic E-state index is 0.489. The second kappa shape index (κ2) is 5.98. The van der Waals surface area contributed by atoms with Crippen molar-refractivity contribution in [1.29, 1.82) is 0 Å². The fourth-order valence-electron chi connectivity index (χ4n) is 2.93. The zero-order valence-electron chi connectivity index (χ0n) is 12.4. The van der Waals surface area contributed by atoms with Crippen molar-refractivity contribution in [2.24, 2.45) is 0 Å². The quantitative estimate of drug-likeness (QED) is 0.856. The zero-order chi connectivity index (χ0) is 14.8. The van der Waals surface area contributed by atoms with Gasteiger partial charge in [-0.25, -0.2) is 0 Å². The standard InChI is InChI=1S/C18H20ClNO/c1-12-7-8-17(18(9-12)21-2)20-14-10-13(11-14)15-5-3-4-6-16(15)19/h3-9,13-14,20H,10-11H2,1-2H3. The van der Waals surface area contributed by atoms with E-state index in [2.05, 4.69) is 42.6 Å². The van der Waals surface area contributed by atoms with E-state index in [1.54, 1.807) is 7.11 Å². The van der Waals surface area contributed by atoms with Crippen molar-refractivity contribution < 1.29 is 4.74 Å². The van der Waals surface area contributed by atoms with E-state index in [4.69, 9.17) is 16.3 Å². The Morgan fingerprint density at radius 1 is 1.14 bits per heavy atom. The SMILES string of the molecule is COc1cc(C)ccc1NC1CC(c2ccccc2Cl)C1. The van der Waals surface area contributed by atoms with Crippen molar-refractivity contribution in [2.45, 2.75) is 31.7 Å². The molecule has 0 atom stereocenters. The summed E-state index contributed by atoms with van der Waals surface area (Å²) in [5, 5.41) is 4.46. The van der Waals surface area contributed by atoms with Crippen molar-refractivity contribution >= 4 is 17.3 Å². The second-order valence-electron chi connectivity index (χ2n) is 5.73. The van der Waals surface area contributed by atoms with Crippen LogP contribution < -0.4 is 10.1 Å². The minimum atomic E-state index is 0.489. The molecule has 2 aromatic carbocycles. The molecule has 0 aliphatic heterocycles. The highest BCUT2D eigenvalue weighted by Crippen LogP contribution is 2.42. The Bertz CT molecular complexity index is 635. The number of nitrogens with one attached hydrogen (secondary N) is 1. The van der Waals surface area contributed by atoms with E-state index in [1.807, 2.05) is 12.1 Å². The maximum Gasteiger partial charge on any atom is 0.142 e. The summed E-state index contributed by atoms with van der Waals surface area (Å²) in [6, 6.07) is 14.9. The fraction of sp³-hybridized carbons (Fsp3) is 0.333. The first-order valence-electron chi connectivity index (χ1n) is 7.33. The van der Waals surface area contributed by atoms with Gasteiger partial charge in [-0.2, -0.15) is 0 Å². The number of hydrogen-bond donors (Lipinski definition) is 1. The number of halogens is 1. The van der Waals surface area contributed by atoms with Crippen LogP contribution in [-0.4, -0.2) is 13.2 Å². The van der Waals surface area contributed by atoms with Crippen LogP contribution in [0, 0.1) is 6.92 Å². The largest absolute Gasteiger partial charge is 0.495 e. The van der Waals surface area contributed by atoms with E-state index >= 15 is 0 Å². The number of benzene rings is 2. The van der Waals surface area contributed by atoms with Crippen LogP contribution in [-0.2, 0) is 0 Å². The lowest BCUT2D eigenvalue weighted by Crippen LogP contribution is -2.34. The van der Waals surface area contributed by atoms with Crippen molar-refractivity contribution in [1.82, 2.24) is 0 Å². The summed E-state index contributed by atoms with van der Waals surface area (Å²) < 4.78 is 5.44. The first kappa shape index (κ1) is 14.3. The first-order valence-corrected chi connectivity index (χ1v) is 7.71. The highest BCUT2D eigenvalue weighted by Gasteiger charge is 2.31. The maximum absolute atomic E-state index is 6.26. The van der Waals surface area contributed by atoms with Crippen molar-refractivity contribution in [3.63, 3.8) is 0 Å². The molecule has 0 radical (unpaired) electrons. The lowest BCUT2D eigenvalue weighted by molar-refractivity contribution is 0.370. The van der Waals surface area contributed by atoms with Gasteiger partial charge in [0.25, 0.3) is 0 Å². The Balaban J connectivity index is 1.64. The highest BCUT2D eigenvalue weighted by atomic mass is 35.5. The lowest BCUT2D eigenvalue weighted by atomic mass is 9.75. The molecule has 2 aromatic rings. The minimum Gasteiger partial charge on any atom is -0.495 e. The predicted octanol–water partition coefficient (Wildman–Crippen LogP) is 5.02.